The second-order valence-corrected chi connectivity index (χ2v) is 9.80. The summed E-state index contributed by atoms with van der Waals surface area (Å²) in [6.07, 6.45) is 8.72. The molecule has 9 nitrogen and oxygen atoms in total. The van der Waals surface area contributed by atoms with Crippen molar-refractivity contribution in [2.24, 2.45) is 0 Å². The predicted octanol–water partition coefficient (Wildman–Crippen LogP) is 3.62. The third kappa shape index (κ3) is 4.53. The van der Waals surface area contributed by atoms with Gasteiger partial charge in [-0.1, -0.05) is 6.07 Å². The molecule has 1 saturated heterocycles. The van der Waals surface area contributed by atoms with Crippen molar-refractivity contribution in [1.29, 1.82) is 0 Å². The first-order valence-corrected chi connectivity index (χ1v) is 11.3. The normalized spacial score (nSPS) is 17.3. The number of fused-ring (bicyclic) bond motifs is 1. The van der Waals surface area contributed by atoms with Crippen LogP contribution in [0.1, 0.15) is 39.2 Å². The number of carbonyl (C=O) groups is 1. The highest BCUT2D eigenvalue weighted by molar-refractivity contribution is 5.75. The van der Waals surface area contributed by atoms with Crippen molar-refractivity contribution >= 4 is 28.5 Å². The van der Waals surface area contributed by atoms with E-state index in [1.165, 1.54) is 0 Å². The average Bonchev–Trinajstić information content (AvgIpc) is 3.55. The van der Waals surface area contributed by atoms with Crippen LogP contribution >= 0.6 is 0 Å². The number of benzene rings is 1. The number of aromatic nitrogens is 4. The van der Waals surface area contributed by atoms with Gasteiger partial charge in [0.25, 0.3) is 0 Å². The van der Waals surface area contributed by atoms with Crippen molar-refractivity contribution in [1.82, 2.24) is 25.1 Å². The summed E-state index contributed by atoms with van der Waals surface area (Å²) >= 11 is 0. The van der Waals surface area contributed by atoms with Crippen LogP contribution in [0.15, 0.2) is 43.0 Å². The van der Waals surface area contributed by atoms with Gasteiger partial charge in [0, 0.05) is 38.6 Å². The Kier molecular flexibility index (Phi) is 5.26. The van der Waals surface area contributed by atoms with E-state index in [0.29, 0.717) is 19.6 Å². The van der Waals surface area contributed by atoms with Gasteiger partial charge in [-0.05, 0) is 51.3 Å². The molecule has 1 aromatic carbocycles. The Balaban J connectivity index is 1.29. The molecule has 3 heterocycles. The lowest BCUT2D eigenvalue weighted by atomic mass is 10.1. The van der Waals surface area contributed by atoms with Gasteiger partial charge in [0.2, 0.25) is 0 Å². The van der Waals surface area contributed by atoms with Crippen molar-refractivity contribution in [2.75, 3.05) is 29.9 Å². The van der Waals surface area contributed by atoms with Crippen LogP contribution in [-0.2, 0) is 11.3 Å². The second kappa shape index (κ2) is 8.13. The zero-order chi connectivity index (χ0) is 23.1. The monoisotopic (exact) mass is 447 g/mol. The highest BCUT2D eigenvalue weighted by Crippen LogP contribution is 2.46. The summed E-state index contributed by atoms with van der Waals surface area (Å²) in [6.45, 7) is 8.45. The molecule has 1 N–H and O–H groups in total. The fraction of sp³-hybridized carbons (Fsp3) is 0.458. The minimum Gasteiger partial charge on any atom is -0.444 e. The maximum absolute atomic E-state index is 12.8. The fourth-order valence-electron chi connectivity index (χ4n) is 4.38. The molecule has 1 aliphatic heterocycles. The second-order valence-electron chi connectivity index (χ2n) is 9.80. The number of piperazine rings is 1. The first-order valence-electron chi connectivity index (χ1n) is 11.3. The van der Waals surface area contributed by atoms with Crippen LogP contribution in [0, 0.1) is 0 Å². The quantitative estimate of drug-likeness (QED) is 0.648. The predicted molar refractivity (Wildman–Crippen MR) is 126 cm³/mol. The number of anilines is 2. The lowest BCUT2D eigenvalue weighted by Crippen LogP contribution is -2.58. The summed E-state index contributed by atoms with van der Waals surface area (Å²) in [5.74, 6) is 0. The van der Waals surface area contributed by atoms with Crippen molar-refractivity contribution in [3.05, 3.63) is 48.5 Å². The van der Waals surface area contributed by atoms with Crippen LogP contribution in [0.4, 0.5) is 16.2 Å². The fourth-order valence-corrected chi connectivity index (χ4v) is 4.38. The van der Waals surface area contributed by atoms with E-state index in [9.17, 15) is 4.79 Å². The molecule has 1 saturated carbocycles. The minimum absolute atomic E-state index is 0.155. The van der Waals surface area contributed by atoms with Gasteiger partial charge in [-0.3, -0.25) is 14.9 Å². The maximum atomic E-state index is 12.8. The first kappa shape index (κ1) is 21.4. The van der Waals surface area contributed by atoms with Crippen LogP contribution < -0.4 is 10.2 Å². The molecule has 172 valence electrons. The number of rotatable bonds is 4. The number of ether oxygens (including phenoxy) is 1. The summed E-state index contributed by atoms with van der Waals surface area (Å²) in [7, 11) is 0. The Morgan fingerprint density at radius 2 is 1.85 bits per heavy atom. The van der Waals surface area contributed by atoms with Crippen molar-refractivity contribution in [2.45, 2.75) is 51.3 Å². The molecule has 5 rings (SSSR count). The number of hydrogen-bond donors (Lipinski definition) is 1. The number of nitrogens with zero attached hydrogens (tertiary/aromatic N) is 6. The minimum atomic E-state index is -0.495. The van der Waals surface area contributed by atoms with E-state index >= 15 is 0 Å². The van der Waals surface area contributed by atoms with Crippen LogP contribution in [0.5, 0.6) is 0 Å². The highest BCUT2D eigenvalue weighted by atomic mass is 16.6. The molecular weight excluding hydrogens is 418 g/mol. The zero-order valence-electron chi connectivity index (χ0n) is 19.3. The third-order valence-corrected chi connectivity index (χ3v) is 6.16. The van der Waals surface area contributed by atoms with Gasteiger partial charge >= 0.3 is 6.09 Å². The molecule has 2 fully saturated rings. The summed E-state index contributed by atoms with van der Waals surface area (Å²) < 4.78 is 5.66. The lowest BCUT2D eigenvalue weighted by Gasteiger charge is -2.43. The number of nitrogens with one attached hydrogen (secondary N) is 1. The third-order valence-electron chi connectivity index (χ3n) is 6.16. The zero-order valence-corrected chi connectivity index (χ0v) is 19.3. The Morgan fingerprint density at radius 3 is 2.61 bits per heavy atom. The average molecular weight is 448 g/mol. The van der Waals surface area contributed by atoms with Gasteiger partial charge in [0.05, 0.1) is 40.3 Å². The number of carbonyl (C=O) groups excluding carboxylic acids is 1. The van der Waals surface area contributed by atoms with E-state index in [2.05, 4.69) is 36.4 Å². The molecule has 2 aromatic heterocycles. The lowest BCUT2D eigenvalue weighted by molar-refractivity contribution is 0.0107. The Labute approximate surface area is 193 Å². The molecule has 0 atom stereocenters. The van der Waals surface area contributed by atoms with E-state index < -0.39 is 5.60 Å². The SMILES string of the molecule is CC(C)(C)OC(=O)N1CCN(c2cnncc2NCc2ccc3nccnc3c2)CC12CC2. The topological polar surface area (TPSA) is 96.4 Å². The van der Waals surface area contributed by atoms with Crippen molar-refractivity contribution in [3.8, 4) is 0 Å². The van der Waals surface area contributed by atoms with Crippen LogP contribution in [0.2, 0.25) is 0 Å². The first-order chi connectivity index (χ1) is 15.8. The molecule has 1 aliphatic carbocycles. The molecule has 0 unspecified atom stereocenters. The molecule has 1 amide bonds. The maximum Gasteiger partial charge on any atom is 0.410 e. The van der Waals surface area contributed by atoms with E-state index in [4.69, 9.17) is 4.74 Å². The molecular formula is C24H29N7O2. The summed E-state index contributed by atoms with van der Waals surface area (Å²) in [5, 5.41) is 11.7. The Bertz CT molecular complexity index is 1170. The van der Waals surface area contributed by atoms with Crippen molar-refractivity contribution < 1.29 is 9.53 Å². The van der Waals surface area contributed by atoms with Crippen LogP contribution in [-0.4, -0.2) is 61.9 Å². The molecule has 33 heavy (non-hydrogen) atoms. The molecule has 2 aliphatic rings. The number of amides is 1. The molecule has 9 heteroatoms. The van der Waals surface area contributed by atoms with Crippen molar-refractivity contribution in [3.63, 3.8) is 0 Å². The Hall–Kier alpha value is -3.49. The van der Waals surface area contributed by atoms with Gasteiger partial charge in [0.1, 0.15) is 5.60 Å². The summed E-state index contributed by atoms with van der Waals surface area (Å²) in [6, 6.07) is 6.08. The van der Waals surface area contributed by atoms with E-state index in [1.54, 1.807) is 24.8 Å². The summed E-state index contributed by atoms with van der Waals surface area (Å²) in [4.78, 5) is 25.7. The summed E-state index contributed by atoms with van der Waals surface area (Å²) in [5.41, 5.74) is 4.14. The van der Waals surface area contributed by atoms with Gasteiger partial charge < -0.3 is 15.0 Å². The molecule has 1 spiro atoms. The largest absolute Gasteiger partial charge is 0.444 e. The number of hydrogen-bond acceptors (Lipinski definition) is 8. The van der Waals surface area contributed by atoms with E-state index in [-0.39, 0.29) is 11.6 Å². The van der Waals surface area contributed by atoms with E-state index in [0.717, 1.165) is 47.4 Å². The molecule has 3 aromatic rings. The van der Waals surface area contributed by atoms with Crippen LogP contribution in [0.25, 0.3) is 11.0 Å². The van der Waals surface area contributed by atoms with Crippen LogP contribution in [0.3, 0.4) is 0 Å². The van der Waals surface area contributed by atoms with Gasteiger partial charge in [-0.2, -0.15) is 10.2 Å². The standard InChI is InChI=1S/C24H29N7O2/c1-23(2,3)33-22(32)31-11-10-30(16-24(31)6-7-24)21-15-29-28-14-20(21)27-13-17-4-5-18-19(12-17)26-9-8-25-18/h4-5,8-9,12,14-15H,6-7,10-11,13,16H2,1-3H3,(H,27,29). The molecule has 0 bridgehead atoms. The Morgan fingerprint density at radius 1 is 1.09 bits per heavy atom. The smallest absolute Gasteiger partial charge is 0.410 e. The highest BCUT2D eigenvalue weighted by Gasteiger charge is 2.54. The van der Waals surface area contributed by atoms with Gasteiger partial charge in [-0.15, -0.1) is 0 Å². The van der Waals surface area contributed by atoms with E-state index in [1.807, 2.05) is 37.8 Å². The van der Waals surface area contributed by atoms with Gasteiger partial charge in [0.15, 0.2) is 0 Å². The van der Waals surface area contributed by atoms with Gasteiger partial charge in [-0.25, -0.2) is 4.79 Å². The molecule has 0 radical (unpaired) electrons.